The van der Waals surface area contributed by atoms with Crippen molar-refractivity contribution in [3.63, 3.8) is 0 Å². The van der Waals surface area contributed by atoms with Gasteiger partial charge in [0.25, 0.3) is 0 Å². The second-order valence-corrected chi connectivity index (χ2v) is 7.57. The fourth-order valence-corrected chi connectivity index (χ4v) is 3.04. The lowest BCUT2D eigenvalue weighted by Crippen LogP contribution is -2.22. The Morgan fingerprint density at radius 1 is 1.17 bits per heavy atom. The first-order valence-corrected chi connectivity index (χ1v) is 8.60. The zero-order valence-corrected chi connectivity index (χ0v) is 14.4. The van der Waals surface area contributed by atoms with Crippen LogP contribution in [0.4, 0.5) is 4.39 Å². The molecule has 0 aliphatic rings. The van der Waals surface area contributed by atoms with E-state index in [1.807, 2.05) is 0 Å². The van der Waals surface area contributed by atoms with E-state index in [0.29, 0.717) is 5.56 Å². The molecule has 0 bridgehead atoms. The SMILES string of the molecule is CC(=O)c1cc(F)ccc1OCc1cccc(S(=O)(=O)N(C)C)c1. The van der Waals surface area contributed by atoms with E-state index in [0.717, 1.165) is 10.4 Å². The van der Waals surface area contributed by atoms with Gasteiger partial charge in [-0.2, -0.15) is 0 Å². The van der Waals surface area contributed by atoms with Crippen LogP contribution in [0.5, 0.6) is 5.75 Å². The number of hydrogen-bond acceptors (Lipinski definition) is 4. The molecule has 0 spiro atoms. The molecule has 0 aliphatic heterocycles. The summed E-state index contributed by atoms with van der Waals surface area (Å²) >= 11 is 0. The topological polar surface area (TPSA) is 63.7 Å². The molecule has 0 atom stereocenters. The molecule has 2 aromatic carbocycles. The lowest BCUT2D eigenvalue weighted by molar-refractivity contribution is 0.101. The Morgan fingerprint density at radius 3 is 2.50 bits per heavy atom. The van der Waals surface area contributed by atoms with Gasteiger partial charge in [0.2, 0.25) is 10.0 Å². The first-order valence-electron chi connectivity index (χ1n) is 7.16. The Hall–Kier alpha value is -2.25. The van der Waals surface area contributed by atoms with E-state index in [2.05, 4.69) is 0 Å². The molecule has 0 radical (unpaired) electrons. The standard InChI is InChI=1S/C17H18FNO4S/c1-12(20)16-10-14(18)7-8-17(16)23-11-13-5-4-6-15(9-13)24(21,22)19(2)3/h4-10H,11H2,1-3H3. The average Bonchev–Trinajstić information content (AvgIpc) is 2.53. The van der Waals surface area contributed by atoms with Crippen LogP contribution in [0.2, 0.25) is 0 Å². The van der Waals surface area contributed by atoms with E-state index in [9.17, 15) is 17.6 Å². The first kappa shape index (κ1) is 18.1. The van der Waals surface area contributed by atoms with Crippen molar-refractivity contribution in [3.05, 3.63) is 59.4 Å². The van der Waals surface area contributed by atoms with Crippen LogP contribution in [-0.2, 0) is 16.6 Å². The highest BCUT2D eigenvalue weighted by molar-refractivity contribution is 7.89. The number of ether oxygens (including phenoxy) is 1. The van der Waals surface area contributed by atoms with Gasteiger partial charge in [0.05, 0.1) is 10.5 Å². The zero-order valence-electron chi connectivity index (χ0n) is 13.6. The molecule has 0 fully saturated rings. The van der Waals surface area contributed by atoms with Gasteiger partial charge in [-0.05, 0) is 42.8 Å². The Labute approximate surface area is 140 Å². The minimum absolute atomic E-state index is 0.0582. The molecule has 0 saturated heterocycles. The number of hydrogen-bond donors (Lipinski definition) is 0. The molecule has 2 rings (SSSR count). The van der Waals surface area contributed by atoms with E-state index in [1.165, 1.54) is 45.3 Å². The van der Waals surface area contributed by atoms with Crippen LogP contribution in [0.3, 0.4) is 0 Å². The number of benzene rings is 2. The average molecular weight is 351 g/mol. The second-order valence-electron chi connectivity index (χ2n) is 5.42. The lowest BCUT2D eigenvalue weighted by atomic mass is 10.1. The van der Waals surface area contributed by atoms with Crippen LogP contribution in [0, 0.1) is 5.82 Å². The highest BCUT2D eigenvalue weighted by Crippen LogP contribution is 2.22. The zero-order chi connectivity index (χ0) is 17.9. The Morgan fingerprint density at radius 2 is 1.88 bits per heavy atom. The predicted molar refractivity (Wildman–Crippen MR) is 88.1 cm³/mol. The molecule has 0 unspecified atom stereocenters. The van der Waals surface area contributed by atoms with Gasteiger partial charge in [0.15, 0.2) is 5.78 Å². The number of Topliss-reactive ketones (excluding diaryl/α,β-unsaturated/α-hetero) is 1. The van der Waals surface area contributed by atoms with Crippen LogP contribution in [-0.4, -0.2) is 32.6 Å². The number of carbonyl (C=O) groups is 1. The Kier molecular flexibility index (Phi) is 5.36. The summed E-state index contributed by atoms with van der Waals surface area (Å²) in [6.45, 7) is 1.38. The first-order chi connectivity index (χ1) is 11.2. The van der Waals surface area contributed by atoms with Crippen molar-refractivity contribution in [1.82, 2.24) is 4.31 Å². The smallest absolute Gasteiger partial charge is 0.242 e. The molecule has 0 aliphatic carbocycles. The maximum Gasteiger partial charge on any atom is 0.242 e. The van der Waals surface area contributed by atoms with Crippen molar-refractivity contribution in [2.24, 2.45) is 0 Å². The van der Waals surface area contributed by atoms with Crippen molar-refractivity contribution in [1.29, 1.82) is 0 Å². The normalized spacial score (nSPS) is 11.5. The van der Waals surface area contributed by atoms with Crippen molar-refractivity contribution in [2.75, 3.05) is 14.1 Å². The molecular formula is C17H18FNO4S. The third-order valence-electron chi connectivity index (χ3n) is 3.39. The number of sulfonamides is 1. The highest BCUT2D eigenvalue weighted by atomic mass is 32.2. The maximum atomic E-state index is 13.3. The van der Waals surface area contributed by atoms with Gasteiger partial charge in [-0.1, -0.05) is 12.1 Å². The largest absolute Gasteiger partial charge is 0.488 e. The number of carbonyl (C=O) groups excluding carboxylic acids is 1. The third-order valence-corrected chi connectivity index (χ3v) is 5.20. The van der Waals surface area contributed by atoms with E-state index >= 15 is 0 Å². The van der Waals surface area contributed by atoms with Gasteiger partial charge in [-0.15, -0.1) is 0 Å². The fourth-order valence-electron chi connectivity index (χ4n) is 2.07. The van der Waals surface area contributed by atoms with Gasteiger partial charge in [-0.25, -0.2) is 17.1 Å². The number of halogens is 1. The monoisotopic (exact) mass is 351 g/mol. The number of ketones is 1. The number of nitrogens with zero attached hydrogens (tertiary/aromatic N) is 1. The fraction of sp³-hybridized carbons (Fsp3) is 0.235. The van der Waals surface area contributed by atoms with Gasteiger partial charge in [0, 0.05) is 14.1 Å². The van der Waals surface area contributed by atoms with Crippen LogP contribution in [0.15, 0.2) is 47.4 Å². The lowest BCUT2D eigenvalue weighted by Gasteiger charge is -2.13. The molecule has 7 heteroatoms. The Balaban J connectivity index is 2.24. The summed E-state index contributed by atoms with van der Waals surface area (Å²) in [6.07, 6.45) is 0. The van der Waals surface area contributed by atoms with Gasteiger partial charge in [0.1, 0.15) is 18.2 Å². The van der Waals surface area contributed by atoms with Gasteiger partial charge >= 0.3 is 0 Å². The molecule has 0 aromatic heterocycles. The minimum atomic E-state index is -3.54. The summed E-state index contributed by atoms with van der Waals surface area (Å²) < 4.78 is 44.2. The molecule has 0 heterocycles. The molecular weight excluding hydrogens is 333 g/mol. The third kappa shape index (κ3) is 3.98. The van der Waals surface area contributed by atoms with Crippen LogP contribution < -0.4 is 4.74 Å². The minimum Gasteiger partial charge on any atom is -0.488 e. The van der Waals surface area contributed by atoms with Crippen molar-refractivity contribution in [2.45, 2.75) is 18.4 Å². The molecule has 0 N–H and O–H groups in total. The van der Waals surface area contributed by atoms with E-state index in [-0.39, 0.29) is 28.6 Å². The second kappa shape index (κ2) is 7.11. The molecule has 128 valence electrons. The van der Waals surface area contributed by atoms with Gasteiger partial charge in [-0.3, -0.25) is 4.79 Å². The summed E-state index contributed by atoms with van der Waals surface area (Å²) in [5.41, 5.74) is 0.767. The van der Waals surface area contributed by atoms with E-state index in [4.69, 9.17) is 4.74 Å². The predicted octanol–water partition coefficient (Wildman–Crippen LogP) is 2.86. The summed E-state index contributed by atoms with van der Waals surface area (Å²) in [5, 5.41) is 0. The van der Waals surface area contributed by atoms with E-state index < -0.39 is 15.8 Å². The molecule has 0 amide bonds. The van der Waals surface area contributed by atoms with Crippen molar-refractivity contribution in [3.8, 4) is 5.75 Å². The summed E-state index contributed by atoms with van der Waals surface area (Å²) in [6, 6.07) is 10.0. The van der Waals surface area contributed by atoms with Crippen LogP contribution >= 0.6 is 0 Å². The summed E-state index contributed by atoms with van der Waals surface area (Å²) in [4.78, 5) is 11.7. The van der Waals surface area contributed by atoms with Crippen LogP contribution in [0.25, 0.3) is 0 Å². The quantitative estimate of drug-likeness (QED) is 0.751. The Bertz CT molecular complexity index is 863. The molecule has 24 heavy (non-hydrogen) atoms. The summed E-state index contributed by atoms with van der Waals surface area (Å²) in [7, 11) is -0.626. The molecule has 5 nitrogen and oxygen atoms in total. The number of rotatable bonds is 6. The van der Waals surface area contributed by atoms with E-state index in [1.54, 1.807) is 12.1 Å². The van der Waals surface area contributed by atoms with Crippen molar-refractivity contribution < 1.29 is 22.3 Å². The maximum absolute atomic E-state index is 13.3. The van der Waals surface area contributed by atoms with Crippen LogP contribution in [0.1, 0.15) is 22.8 Å². The summed E-state index contributed by atoms with van der Waals surface area (Å²) in [5.74, 6) is -0.579. The highest BCUT2D eigenvalue weighted by Gasteiger charge is 2.17. The molecule has 2 aromatic rings. The molecule has 0 saturated carbocycles. The van der Waals surface area contributed by atoms with Gasteiger partial charge < -0.3 is 4.74 Å². The van der Waals surface area contributed by atoms with Crippen molar-refractivity contribution >= 4 is 15.8 Å².